The van der Waals surface area contributed by atoms with Gasteiger partial charge in [-0.05, 0) is 59.3 Å². The molecule has 3 nitrogen and oxygen atoms in total. The van der Waals surface area contributed by atoms with Gasteiger partial charge in [0.2, 0.25) is 0 Å². The molecule has 0 radical (unpaired) electrons. The molecular formula is C14H29N3. The van der Waals surface area contributed by atoms with Gasteiger partial charge in [0.05, 0.1) is 0 Å². The summed E-state index contributed by atoms with van der Waals surface area (Å²) in [6.45, 7) is 7.28. The average molecular weight is 239 g/mol. The zero-order valence-electron chi connectivity index (χ0n) is 11.8. The number of nitrogens with zero attached hydrogens (tertiary/aromatic N) is 2. The molecule has 2 aliphatic heterocycles. The Morgan fingerprint density at radius 1 is 1.41 bits per heavy atom. The van der Waals surface area contributed by atoms with E-state index in [1.54, 1.807) is 0 Å². The van der Waals surface area contributed by atoms with Crippen molar-refractivity contribution in [2.24, 2.45) is 0 Å². The molecule has 100 valence electrons. The minimum Gasteiger partial charge on any atom is -0.310 e. The van der Waals surface area contributed by atoms with E-state index in [1.807, 2.05) is 0 Å². The maximum absolute atomic E-state index is 3.73. The summed E-state index contributed by atoms with van der Waals surface area (Å²) in [5, 5.41) is 3.73. The Bertz CT molecular complexity index is 236. The highest BCUT2D eigenvalue weighted by Crippen LogP contribution is 2.24. The topological polar surface area (TPSA) is 18.5 Å². The second-order valence-corrected chi connectivity index (χ2v) is 6.14. The lowest BCUT2D eigenvalue weighted by Crippen LogP contribution is -2.50. The van der Waals surface area contributed by atoms with Crippen LogP contribution < -0.4 is 5.32 Å². The van der Waals surface area contributed by atoms with E-state index in [9.17, 15) is 0 Å². The quantitative estimate of drug-likeness (QED) is 0.785. The lowest BCUT2D eigenvalue weighted by atomic mass is 9.93. The molecule has 0 aromatic rings. The molecule has 2 fully saturated rings. The van der Waals surface area contributed by atoms with Crippen molar-refractivity contribution in [3.05, 3.63) is 0 Å². The Kier molecular flexibility index (Phi) is 4.45. The van der Waals surface area contributed by atoms with Gasteiger partial charge < -0.3 is 15.1 Å². The van der Waals surface area contributed by atoms with Gasteiger partial charge in [-0.2, -0.15) is 0 Å². The monoisotopic (exact) mass is 239 g/mol. The van der Waals surface area contributed by atoms with E-state index < -0.39 is 0 Å². The number of likely N-dealkylation sites (N-methyl/N-ethyl adjacent to an activating group) is 2. The standard InChI is InChI=1S/C14H29N3/c1-4-14(8-6-9-15-14)12-16(2)11-13-7-5-10-17(13)3/h13,15H,4-12H2,1-3H3. The largest absolute Gasteiger partial charge is 0.310 e. The van der Waals surface area contributed by atoms with Crippen molar-refractivity contribution in [2.75, 3.05) is 40.3 Å². The van der Waals surface area contributed by atoms with Crippen molar-refractivity contribution in [3.8, 4) is 0 Å². The first kappa shape index (κ1) is 13.3. The fourth-order valence-corrected chi connectivity index (χ4v) is 3.57. The van der Waals surface area contributed by atoms with Crippen LogP contribution in [0.4, 0.5) is 0 Å². The molecule has 2 atom stereocenters. The summed E-state index contributed by atoms with van der Waals surface area (Å²) in [5.74, 6) is 0. The Labute approximate surface area is 107 Å². The van der Waals surface area contributed by atoms with Crippen LogP contribution in [0.3, 0.4) is 0 Å². The highest BCUT2D eigenvalue weighted by molar-refractivity contribution is 4.94. The molecule has 0 saturated carbocycles. The van der Waals surface area contributed by atoms with Crippen molar-refractivity contribution in [1.29, 1.82) is 0 Å². The average Bonchev–Trinajstić information content (AvgIpc) is 2.90. The van der Waals surface area contributed by atoms with E-state index in [0.29, 0.717) is 5.54 Å². The first-order chi connectivity index (χ1) is 8.15. The molecule has 2 heterocycles. The van der Waals surface area contributed by atoms with Gasteiger partial charge in [0.25, 0.3) is 0 Å². The third kappa shape index (κ3) is 3.21. The maximum Gasteiger partial charge on any atom is 0.0306 e. The van der Waals surface area contributed by atoms with Crippen molar-refractivity contribution in [3.63, 3.8) is 0 Å². The van der Waals surface area contributed by atoms with Crippen LogP contribution in [0.15, 0.2) is 0 Å². The summed E-state index contributed by atoms with van der Waals surface area (Å²) in [6.07, 6.45) is 6.73. The molecule has 17 heavy (non-hydrogen) atoms. The molecule has 1 N–H and O–H groups in total. The van der Waals surface area contributed by atoms with Gasteiger partial charge >= 0.3 is 0 Å². The molecule has 0 bridgehead atoms. The number of hydrogen-bond acceptors (Lipinski definition) is 3. The normalized spacial score (nSPS) is 34.9. The van der Waals surface area contributed by atoms with Gasteiger partial charge in [-0.1, -0.05) is 6.92 Å². The van der Waals surface area contributed by atoms with E-state index in [2.05, 4.69) is 36.1 Å². The van der Waals surface area contributed by atoms with E-state index >= 15 is 0 Å². The minimum atomic E-state index is 0.409. The molecule has 2 unspecified atom stereocenters. The van der Waals surface area contributed by atoms with E-state index in [-0.39, 0.29) is 0 Å². The van der Waals surface area contributed by atoms with Crippen LogP contribution in [0.1, 0.15) is 39.0 Å². The lowest BCUT2D eigenvalue weighted by molar-refractivity contribution is 0.173. The van der Waals surface area contributed by atoms with Gasteiger partial charge in [0.1, 0.15) is 0 Å². The van der Waals surface area contributed by atoms with Crippen molar-refractivity contribution >= 4 is 0 Å². The summed E-state index contributed by atoms with van der Waals surface area (Å²) >= 11 is 0. The summed E-state index contributed by atoms with van der Waals surface area (Å²) < 4.78 is 0. The first-order valence-corrected chi connectivity index (χ1v) is 7.29. The molecule has 0 amide bonds. The summed E-state index contributed by atoms with van der Waals surface area (Å²) in [7, 11) is 4.57. The lowest BCUT2D eigenvalue weighted by Gasteiger charge is -2.35. The van der Waals surface area contributed by atoms with Crippen molar-refractivity contribution in [2.45, 2.75) is 50.6 Å². The van der Waals surface area contributed by atoms with Crippen molar-refractivity contribution in [1.82, 2.24) is 15.1 Å². The second-order valence-electron chi connectivity index (χ2n) is 6.14. The molecule has 0 aromatic carbocycles. The van der Waals surface area contributed by atoms with Gasteiger partial charge in [-0.25, -0.2) is 0 Å². The maximum atomic E-state index is 3.73. The van der Waals surface area contributed by atoms with Gasteiger partial charge in [0, 0.05) is 24.7 Å². The summed E-state index contributed by atoms with van der Waals surface area (Å²) in [5.41, 5.74) is 0.409. The predicted octanol–water partition coefficient (Wildman–Crippen LogP) is 1.54. The first-order valence-electron chi connectivity index (χ1n) is 7.29. The zero-order chi connectivity index (χ0) is 12.3. The fraction of sp³-hybridized carbons (Fsp3) is 1.00. The van der Waals surface area contributed by atoms with E-state index in [0.717, 1.165) is 6.04 Å². The van der Waals surface area contributed by atoms with Gasteiger partial charge in [-0.3, -0.25) is 0 Å². The predicted molar refractivity (Wildman–Crippen MR) is 73.4 cm³/mol. The van der Waals surface area contributed by atoms with Gasteiger partial charge in [-0.15, -0.1) is 0 Å². The van der Waals surface area contributed by atoms with E-state index in [1.165, 1.54) is 58.3 Å². The number of hydrogen-bond donors (Lipinski definition) is 1. The van der Waals surface area contributed by atoms with Gasteiger partial charge in [0.15, 0.2) is 0 Å². The molecule has 0 aliphatic carbocycles. The van der Waals surface area contributed by atoms with Crippen LogP contribution in [-0.4, -0.2) is 61.7 Å². The Morgan fingerprint density at radius 3 is 2.76 bits per heavy atom. The van der Waals surface area contributed by atoms with Crippen LogP contribution in [0.2, 0.25) is 0 Å². The highest BCUT2D eigenvalue weighted by atomic mass is 15.2. The number of likely N-dealkylation sites (tertiary alicyclic amines) is 1. The van der Waals surface area contributed by atoms with Crippen molar-refractivity contribution < 1.29 is 0 Å². The third-order valence-corrected chi connectivity index (χ3v) is 4.78. The van der Waals surface area contributed by atoms with E-state index in [4.69, 9.17) is 0 Å². The van der Waals surface area contributed by atoms with Crippen LogP contribution >= 0.6 is 0 Å². The Balaban J connectivity index is 1.81. The Morgan fingerprint density at radius 2 is 2.24 bits per heavy atom. The molecule has 2 saturated heterocycles. The molecule has 2 aliphatic rings. The number of nitrogens with one attached hydrogen (secondary N) is 1. The zero-order valence-corrected chi connectivity index (χ0v) is 11.8. The Hall–Kier alpha value is -0.120. The molecule has 0 spiro atoms. The van der Waals surface area contributed by atoms with Crippen LogP contribution in [0, 0.1) is 0 Å². The SMILES string of the molecule is CCC1(CN(C)CC2CCCN2C)CCCN1. The fourth-order valence-electron chi connectivity index (χ4n) is 3.57. The summed E-state index contributed by atoms with van der Waals surface area (Å²) in [4.78, 5) is 5.07. The van der Waals surface area contributed by atoms with Crippen LogP contribution in [0.25, 0.3) is 0 Å². The van der Waals surface area contributed by atoms with Crippen LogP contribution in [-0.2, 0) is 0 Å². The molecular weight excluding hydrogens is 210 g/mol. The highest BCUT2D eigenvalue weighted by Gasteiger charge is 2.33. The minimum absolute atomic E-state index is 0.409. The van der Waals surface area contributed by atoms with Crippen LogP contribution in [0.5, 0.6) is 0 Å². The molecule has 3 heteroatoms. The smallest absolute Gasteiger partial charge is 0.0306 e. The third-order valence-electron chi connectivity index (χ3n) is 4.78. The second kappa shape index (κ2) is 5.68. The summed E-state index contributed by atoms with van der Waals surface area (Å²) in [6, 6.07) is 0.787. The molecule has 0 aromatic heterocycles. The number of rotatable bonds is 5. The molecule has 2 rings (SSSR count).